The van der Waals surface area contributed by atoms with Gasteiger partial charge in [-0.2, -0.15) is 0 Å². The monoisotopic (exact) mass is 246 g/mol. The van der Waals surface area contributed by atoms with Crippen LogP contribution in [0.1, 0.15) is 23.0 Å². The molecule has 0 aliphatic rings. The minimum absolute atomic E-state index is 0.00967. The van der Waals surface area contributed by atoms with Gasteiger partial charge in [0.25, 0.3) is 12.4 Å². The van der Waals surface area contributed by atoms with Crippen LogP contribution in [0.25, 0.3) is 0 Å². The molecule has 0 fully saturated rings. The molecular weight excluding hydrogens is 236 g/mol. The van der Waals surface area contributed by atoms with Crippen LogP contribution in [-0.2, 0) is 21.0 Å². The zero-order valence-electron chi connectivity index (χ0n) is 8.58. The molecule has 0 spiro atoms. The molecule has 1 rings (SSSR count). The molecule has 1 amide bonds. The predicted octanol–water partition coefficient (Wildman–Crippen LogP) is 1.02. The maximum absolute atomic E-state index is 11.5. The normalized spacial score (nSPS) is 9.88. The average molecular weight is 247 g/mol. The fourth-order valence-corrected chi connectivity index (χ4v) is 1.28. The smallest absolute Gasteiger partial charge is 0.293 e. The molecule has 1 heterocycles. The quantitative estimate of drug-likeness (QED) is 0.580. The van der Waals surface area contributed by atoms with Crippen molar-refractivity contribution < 1.29 is 19.2 Å². The first kappa shape index (κ1) is 12.5. The van der Waals surface area contributed by atoms with Gasteiger partial charge in [-0.1, -0.05) is 11.6 Å². The molecule has 6 nitrogen and oxygen atoms in total. The van der Waals surface area contributed by atoms with E-state index in [1.54, 1.807) is 6.92 Å². The zero-order chi connectivity index (χ0) is 12.0. The summed E-state index contributed by atoms with van der Waals surface area (Å²) in [5, 5.41) is 0.207. The van der Waals surface area contributed by atoms with E-state index < -0.39 is 5.91 Å². The van der Waals surface area contributed by atoms with E-state index in [9.17, 15) is 9.59 Å². The Morgan fingerprint density at radius 2 is 2.44 bits per heavy atom. The highest BCUT2D eigenvalue weighted by atomic mass is 35.5. The number of carbonyl (C=O) groups excluding carboxylic acids is 2. The summed E-state index contributed by atoms with van der Waals surface area (Å²) in [6.07, 6.45) is 1.42. The molecule has 16 heavy (non-hydrogen) atoms. The van der Waals surface area contributed by atoms with Gasteiger partial charge in [-0.15, -0.1) is 0 Å². The predicted molar refractivity (Wildman–Crippen MR) is 55.7 cm³/mol. The molecule has 0 saturated carbocycles. The Kier molecular flexibility index (Phi) is 4.81. The molecule has 0 bridgehead atoms. The van der Waals surface area contributed by atoms with E-state index >= 15 is 0 Å². The maximum Gasteiger partial charge on any atom is 0.293 e. The van der Waals surface area contributed by atoms with Gasteiger partial charge in [-0.25, -0.2) is 5.48 Å². The van der Waals surface area contributed by atoms with Gasteiger partial charge < -0.3 is 9.72 Å². The number of rotatable bonds is 6. The summed E-state index contributed by atoms with van der Waals surface area (Å²) >= 11 is 5.89. The lowest BCUT2D eigenvalue weighted by atomic mass is 10.3. The topological polar surface area (TPSA) is 80.4 Å². The highest BCUT2D eigenvalue weighted by molar-refractivity contribution is 6.34. The fraction of sp³-hybridized carbons (Fsp3) is 0.333. The van der Waals surface area contributed by atoms with Crippen molar-refractivity contribution in [3.63, 3.8) is 0 Å². The number of carbonyl (C=O) groups is 2. The van der Waals surface area contributed by atoms with E-state index in [4.69, 9.17) is 16.4 Å². The second-order valence-corrected chi connectivity index (χ2v) is 3.14. The summed E-state index contributed by atoms with van der Waals surface area (Å²) < 4.78 is 4.52. The van der Waals surface area contributed by atoms with Crippen molar-refractivity contribution in [3.05, 3.63) is 22.5 Å². The number of halogens is 1. The number of aromatic amines is 1. The number of nitrogens with one attached hydrogen (secondary N) is 2. The van der Waals surface area contributed by atoms with E-state index in [-0.39, 0.29) is 17.2 Å². The first-order valence-corrected chi connectivity index (χ1v) is 4.91. The molecule has 1 aromatic rings. The van der Waals surface area contributed by atoms with E-state index in [0.29, 0.717) is 18.8 Å². The van der Waals surface area contributed by atoms with E-state index in [1.807, 2.05) is 0 Å². The molecule has 0 aliphatic carbocycles. The number of H-pyrrole nitrogens is 1. The van der Waals surface area contributed by atoms with Crippen LogP contribution in [0.3, 0.4) is 0 Å². The lowest BCUT2D eigenvalue weighted by Gasteiger charge is -2.02. The van der Waals surface area contributed by atoms with Crippen LogP contribution in [0, 0.1) is 0 Å². The van der Waals surface area contributed by atoms with Crippen molar-refractivity contribution in [3.8, 4) is 0 Å². The Balaban J connectivity index is 2.70. The number of hydrogen-bond acceptors (Lipinski definition) is 4. The second-order valence-electron chi connectivity index (χ2n) is 2.77. The average Bonchev–Trinajstić information content (AvgIpc) is 2.65. The summed E-state index contributed by atoms with van der Waals surface area (Å²) in [5.74, 6) is -0.458. The SMILES string of the molecule is CCONC(=O)c1c[nH]c(COC=O)c1Cl. The largest absolute Gasteiger partial charge is 0.461 e. The third kappa shape index (κ3) is 2.98. The molecule has 0 unspecified atom stereocenters. The summed E-state index contributed by atoms with van der Waals surface area (Å²) in [6.45, 7) is 2.39. The Morgan fingerprint density at radius 1 is 1.69 bits per heavy atom. The number of hydrogen-bond donors (Lipinski definition) is 2. The molecule has 0 atom stereocenters. The van der Waals surface area contributed by atoms with Crippen molar-refractivity contribution in [2.24, 2.45) is 0 Å². The fourth-order valence-electron chi connectivity index (χ4n) is 1.03. The van der Waals surface area contributed by atoms with Crippen LogP contribution in [-0.4, -0.2) is 24.0 Å². The van der Waals surface area contributed by atoms with E-state index in [0.717, 1.165) is 0 Å². The number of hydroxylamine groups is 1. The third-order valence-corrected chi connectivity index (χ3v) is 2.17. The van der Waals surface area contributed by atoms with Gasteiger partial charge in [0.05, 0.1) is 22.9 Å². The van der Waals surface area contributed by atoms with Crippen molar-refractivity contribution in [1.82, 2.24) is 10.5 Å². The molecule has 2 N–H and O–H groups in total. The van der Waals surface area contributed by atoms with Crippen LogP contribution in [0.15, 0.2) is 6.20 Å². The van der Waals surface area contributed by atoms with Crippen molar-refractivity contribution in [1.29, 1.82) is 0 Å². The standard InChI is InChI=1S/C9H11ClN2O4/c1-2-16-12-9(14)6-3-11-7(8(6)10)4-15-5-13/h3,5,11H,2,4H2,1H3,(H,12,14). The van der Waals surface area contributed by atoms with E-state index in [2.05, 4.69) is 15.2 Å². The zero-order valence-corrected chi connectivity index (χ0v) is 9.34. The van der Waals surface area contributed by atoms with Gasteiger partial charge in [-0.05, 0) is 6.92 Å². The van der Waals surface area contributed by atoms with Crippen LogP contribution in [0.5, 0.6) is 0 Å². The van der Waals surface area contributed by atoms with Crippen LogP contribution >= 0.6 is 11.6 Å². The van der Waals surface area contributed by atoms with Crippen LogP contribution in [0.4, 0.5) is 0 Å². The van der Waals surface area contributed by atoms with Gasteiger partial charge in [0.1, 0.15) is 6.61 Å². The van der Waals surface area contributed by atoms with Gasteiger partial charge >= 0.3 is 0 Å². The lowest BCUT2D eigenvalue weighted by molar-refractivity contribution is -0.129. The Labute approximate surface area is 96.8 Å². The molecule has 0 aliphatic heterocycles. The van der Waals surface area contributed by atoms with Gasteiger partial charge in [0.2, 0.25) is 0 Å². The summed E-state index contributed by atoms with van der Waals surface area (Å²) in [7, 11) is 0. The van der Waals surface area contributed by atoms with Crippen LogP contribution in [0.2, 0.25) is 5.02 Å². The Morgan fingerprint density at radius 3 is 3.06 bits per heavy atom. The lowest BCUT2D eigenvalue weighted by Crippen LogP contribution is -2.23. The summed E-state index contributed by atoms with van der Waals surface area (Å²) in [4.78, 5) is 28.9. The molecule has 0 aromatic carbocycles. The van der Waals surface area contributed by atoms with E-state index in [1.165, 1.54) is 6.20 Å². The van der Waals surface area contributed by atoms with Gasteiger partial charge in [0.15, 0.2) is 0 Å². The molecule has 7 heteroatoms. The maximum atomic E-state index is 11.5. The third-order valence-electron chi connectivity index (χ3n) is 1.74. The van der Waals surface area contributed by atoms with Crippen molar-refractivity contribution >= 4 is 24.0 Å². The molecule has 0 saturated heterocycles. The number of amides is 1. The number of aromatic nitrogens is 1. The van der Waals surface area contributed by atoms with Crippen molar-refractivity contribution in [2.75, 3.05) is 6.61 Å². The van der Waals surface area contributed by atoms with Crippen molar-refractivity contribution in [2.45, 2.75) is 13.5 Å². The molecular formula is C9H11ClN2O4. The summed E-state index contributed by atoms with van der Waals surface area (Å²) in [6, 6.07) is 0. The summed E-state index contributed by atoms with van der Waals surface area (Å²) in [5.41, 5.74) is 2.89. The number of ether oxygens (including phenoxy) is 1. The minimum Gasteiger partial charge on any atom is -0.461 e. The molecule has 1 aromatic heterocycles. The highest BCUT2D eigenvalue weighted by Gasteiger charge is 2.15. The first-order valence-electron chi connectivity index (χ1n) is 4.53. The first-order chi connectivity index (χ1) is 7.70. The molecule has 0 radical (unpaired) electrons. The minimum atomic E-state index is -0.458. The Bertz CT molecular complexity index is 378. The Hall–Kier alpha value is -1.53. The van der Waals surface area contributed by atoms with Crippen LogP contribution < -0.4 is 5.48 Å². The van der Waals surface area contributed by atoms with Gasteiger partial charge in [0, 0.05) is 6.20 Å². The van der Waals surface area contributed by atoms with Gasteiger partial charge in [-0.3, -0.25) is 14.4 Å². The highest BCUT2D eigenvalue weighted by Crippen LogP contribution is 2.21. The molecule has 88 valence electrons. The second kappa shape index (κ2) is 6.14.